The van der Waals surface area contributed by atoms with Crippen LogP contribution in [-0.4, -0.2) is 29.1 Å². The van der Waals surface area contributed by atoms with Gasteiger partial charge in [0, 0.05) is 12.2 Å². The molecule has 0 spiro atoms. The molecule has 0 fully saturated rings. The second kappa shape index (κ2) is 6.92. The Morgan fingerprint density at radius 3 is 2.38 bits per heavy atom. The van der Waals surface area contributed by atoms with Crippen LogP contribution in [0.3, 0.4) is 0 Å². The van der Waals surface area contributed by atoms with Gasteiger partial charge in [0.05, 0.1) is 16.3 Å². The molecule has 1 heterocycles. The van der Waals surface area contributed by atoms with E-state index in [4.69, 9.17) is 0 Å². The SMILES string of the molecule is CCS(=O)(=O)N1CCCc2cc(NS(=O)(=O)c3ccc(C)cc3)ccc21. The third kappa shape index (κ3) is 3.71. The lowest BCUT2D eigenvalue weighted by Crippen LogP contribution is -2.36. The van der Waals surface area contributed by atoms with Gasteiger partial charge in [-0.05, 0) is 62.6 Å². The van der Waals surface area contributed by atoms with Gasteiger partial charge in [0.15, 0.2) is 0 Å². The maximum absolute atomic E-state index is 12.5. The fourth-order valence-electron chi connectivity index (χ4n) is 3.00. The molecule has 0 saturated heterocycles. The largest absolute Gasteiger partial charge is 0.280 e. The molecule has 0 amide bonds. The van der Waals surface area contributed by atoms with Gasteiger partial charge in [-0.1, -0.05) is 17.7 Å². The first kappa shape index (κ1) is 18.7. The van der Waals surface area contributed by atoms with Gasteiger partial charge >= 0.3 is 0 Å². The summed E-state index contributed by atoms with van der Waals surface area (Å²) in [6.07, 6.45) is 1.42. The summed E-state index contributed by atoms with van der Waals surface area (Å²) in [6, 6.07) is 11.6. The number of hydrogen-bond donors (Lipinski definition) is 1. The summed E-state index contributed by atoms with van der Waals surface area (Å²) >= 11 is 0. The molecule has 1 N–H and O–H groups in total. The van der Waals surface area contributed by atoms with Crippen molar-refractivity contribution in [1.29, 1.82) is 0 Å². The number of anilines is 2. The van der Waals surface area contributed by atoms with Crippen LogP contribution in [0.5, 0.6) is 0 Å². The van der Waals surface area contributed by atoms with E-state index in [0.29, 0.717) is 30.8 Å². The fourth-order valence-corrected chi connectivity index (χ4v) is 5.25. The number of nitrogens with one attached hydrogen (secondary N) is 1. The average Bonchev–Trinajstić information content (AvgIpc) is 2.61. The predicted molar refractivity (Wildman–Crippen MR) is 104 cm³/mol. The third-order valence-corrected chi connectivity index (χ3v) is 7.62. The van der Waals surface area contributed by atoms with E-state index in [1.54, 1.807) is 49.4 Å². The van der Waals surface area contributed by atoms with Crippen LogP contribution in [0.2, 0.25) is 0 Å². The summed E-state index contributed by atoms with van der Waals surface area (Å²) in [6.45, 7) is 3.97. The summed E-state index contributed by atoms with van der Waals surface area (Å²) in [4.78, 5) is 0.191. The van der Waals surface area contributed by atoms with Gasteiger partial charge in [0.1, 0.15) is 0 Å². The quantitative estimate of drug-likeness (QED) is 0.845. The molecule has 0 aromatic heterocycles. The second-order valence-corrected chi connectivity index (χ2v) is 10.2. The number of benzene rings is 2. The minimum absolute atomic E-state index is 0.0360. The summed E-state index contributed by atoms with van der Waals surface area (Å²) in [7, 11) is -7.02. The van der Waals surface area contributed by atoms with Crippen molar-refractivity contribution in [2.24, 2.45) is 0 Å². The maximum Gasteiger partial charge on any atom is 0.261 e. The lowest BCUT2D eigenvalue weighted by molar-refractivity contribution is 0.587. The third-order valence-electron chi connectivity index (χ3n) is 4.44. The molecule has 1 aliphatic heterocycles. The normalized spacial score (nSPS) is 14.8. The molecule has 0 radical (unpaired) electrons. The van der Waals surface area contributed by atoms with Crippen molar-refractivity contribution in [2.45, 2.75) is 31.6 Å². The number of aryl methyl sites for hydroxylation is 2. The van der Waals surface area contributed by atoms with E-state index in [1.165, 1.54) is 4.31 Å². The van der Waals surface area contributed by atoms with Crippen LogP contribution >= 0.6 is 0 Å². The van der Waals surface area contributed by atoms with Crippen molar-refractivity contribution in [3.63, 3.8) is 0 Å². The van der Waals surface area contributed by atoms with Crippen molar-refractivity contribution in [3.8, 4) is 0 Å². The first-order valence-corrected chi connectivity index (χ1v) is 11.5. The van der Waals surface area contributed by atoms with Crippen molar-refractivity contribution >= 4 is 31.4 Å². The van der Waals surface area contributed by atoms with Crippen molar-refractivity contribution < 1.29 is 16.8 Å². The van der Waals surface area contributed by atoms with Gasteiger partial charge in [-0.25, -0.2) is 16.8 Å². The summed E-state index contributed by atoms with van der Waals surface area (Å²) < 4.78 is 53.6. The highest BCUT2D eigenvalue weighted by atomic mass is 32.2. The number of fused-ring (bicyclic) bond motifs is 1. The molecule has 1 aliphatic rings. The minimum Gasteiger partial charge on any atom is -0.280 e. The van der Waals surface area contributed by atoms with Gasteiger partial charge < -0.3 is 0 Å². The van der Waals surface area contributed by atoms with Gasteiger partial charge in [-0.2, -0.15) is 0 Å². The molecule has 0 unspecified atom stereocenters. The lowest BCUT2D eigenvalue weighted by Gasteiger charge is -2.30. The van der Waals surface area contributed by atoms with E-state index in [1.807, 2.05) is 6.92 Å². The monoisotopic (exact) mass is 394 g/mol. The molecule has 26 heavy (non-hydrogen) atoms. The Balaban J connectivity index is 1.91. The molecular formula is C18H22N2O4S2. The van der Waals surface area contributed by atoms with E-state index in [0.717, 1.165) is 11.1 Å². The van der Waals surface area contributed by atoms with E-state index >= 15 is 0 Å². The average molecular weight is 395 g/mol. The summed E-state index contributed by atoms with van der Waals surface area (Å²) in [5.74, 6) is 0.0360. The molecular weight excluding hydrogens is 372 g/mol. The standard InChI is InChI=1S/C18H22N2O4S2/c1-3-25(21,22)20-12-4-5-15-13-16(8-11-18(15)20)19-26(23,24)17-9-6-14(2)7-10-17/h6-11,13,19H,3-5,12H2,1-2H3. The Labute approximate surface area is 155 Å². The summed E-state index contributed by atoms with van der Waals surface area (Å²) in [5.41, 5.74) is 2.88. The zero-order valence-corrected chi connectivity index (χ0v) is 16.4. The van der Waals surface area contributed by atoms with E-state index in [9.17, 15) is 16.8 Å². The van der Waals surface area contributed by atoms with Crippen LogP contribution in [0.25, 0.3) is 0 Å². The van der Waals surface area contributed by atoms with Gasteiger partial charge in [0.2, 0.25) is 10.0 Å². The summed E-state index contributed by atoms with van der Waals surface area (Å²) in [5, 5.41) is 0. The van der Waals surface area contributed by atoms with Crippen LogP contribution in [0.1, 0.15) is 24.5 Å². The van der Waals surface area contributed by atoms with Crippen LogP contribution < -0.4 is 9.03 Å². The second-order valence-electron chi connectivity index (χ2n) is 6.34. The molecule has 8 heteroatoms. The molecule has 6 nitrogen and oxygen atoms in total. The Morgan fingerprint density at radius 1 is 1.04 bits per heavy atom. The molecule has 3 rings (SSSR count). The van der Waals surface area contributed by atoms with E-state index in [2.05, 4.69) is 4.72 Å². The lowest BCUT2D eigenvalue weighted by atomic mass is 10.0. The molecule has 0 bridgehead atoms. The smallest absolute Gasteiger partial charge is 0.261 e. The number of nitrogens with zero attached hydrogens (tertiary/aromatic N) is 1. The first-order chi connectivity index (χ1) is 12.2. The van der Waals surface area contributed by atoms with Crippen LogP contribution in [0, 0.1) is 6.92 Å². The fraction of sp³-hybridized carbons (Fsp3) is 0.333. The number of rotatable bonds is 5. The molecule has 2 aromatic carbocycles. The Kier molecular flexibility index (Phi) is 4.98. The Morgan fingerprint density at radius 2 is 1.73 bits per heavy atom. The van der Waals surface area contributed by atoms with Crippen LogP contribution in [-0.2, 0) is 26.5 Å². The molecule has 2 aromatic rings. The number of sulfonamides is 2. The maximum atomic E-state index is 12.5. The highest BCUT2D eigenvalue weighted by Crippen LogP contribution is 2.32. The predicted octanol–water partition coefficient (Wildman–Crippen LogP) is 2.90. The zero-order chi connectivity index (χ0) is 18.9. The van der Waals surface area contributed by atoms with Gasteiger partial charge in [-0.15, -0.1) is 0 Å². The molecule has 140 valence electrons. The van der Waals surface area contributed by atoms with E-state index < -0.39 is 20.0 Å². The van der Waals surface area contributed by atoms with Crippen LogP contribution in [0.4, 0.5) is 11.4 Å². The zero-order valence-electron chi connectivity index (χ0n) is 14.8. The first-order valence-electron chi connectivity index (χ1n) is 8.46. The highest BCUT2D eigenvalue weighted by molar-refractivity contribution is 7.93. The Bertz CT molecular complexity index is 1010. The van der Waals surface area contributed by atoms with Crippen molar-refractivity contribution in [3.05, 3.63) is 53.6 Å². The van der Waals surface area contributed by atoms with Gasteiger partial charge in [0.25, 0.3) is 10.0 Å². The molecule has 0 aliphatic carbocycles. The topological polar surface area (TPSA) is 83.6 Å². The van der Waals surface area contributed by atoms with Crippen LogP contribution in [0.15, 0.2) is 47.4 Å². The minimum atomic E-state index is -3.69. The number of hydrogen-bond acceptors (Lipinski definition) is 4. The van der Waals surface area contributed by atoms with Crippen molar-refractivity contribution in [2.75, 3.05) is 21.3 Å². The molecule has 0 atom stereocenters. The highest BCUT2D eigenvalue weighted by Gasteiger charge is 2.26. The van der Waals surface area contributed by atoms with Gasteiger partial charge in [-0.3, -0.25) is 9.03 Å². The Hall–Kier alpha value is -2.06. The van der Waals surface area contributed by atoms with Crippen molar-refractivity contribution in [1.82, 2.24) is 0 Å². The van der Waals surface area contributed by atoms with E-state index in [-0.39, 0.29) is 10.6 Å². The molecule has 0 saturated carbocycles.